The van der Waals surface area contributed by atoms with Gasteiger partial charge in [-0.25, -0.2) is 9.82 Å². The van der Waals surface area contributed by atoms with Crippen LogP contribution in [-0.2, 0) is 7.05 Å². The number of halogens is 1. The summed E-state index contributed by atoms with van der Waals surface area (Å²) < 4.78 is 14.4. The summed E-state index contributed by atoms with van der Waals surface area (Å²) in [6.45, 7) is 0. The Hall–Kier alpha value is -3.48. The molecule has 2 aromatic carbocycles. The lowest BCUT2D eigenvalue weighted by atomic mass is 10.1. The maximum atomic E-state index is 13.1. The maximum absolute atomic E-state index is 13.1. The molecule has 0 spiro atoms. The van der Waals surface area contributed by atoms with E-state index >= 15 is 0 Å². The molecule has 6 nitrogen and oxygen atoms in total. The molecule has 0 aliphatic rings. The molecule has 0 aliphatic carbocycles. The van der Waals surface area contributed by atoms with Crippen molar-refractivity contribution < 1.29 is 14.3 Å². The van der Waals surface area contributed by atoms with Gasteiger partial charge in [0.05, 0.1) is 17.3 Å². The molecule has 1 heterocycles. The molecule has 0 radical (unpaired) electrons. The highest BCUT2D eigenvalue weighted by atomic mass is 19.1. The Labute approximate surface area is 141 Å². The van der Waals surface area contributed by atoms with Crippen LogP contribution in [0.2, 0.25) is 0 Å². The van der Waals surface area contributed by atoms with Crippen molar-refractivity contribution in [2.45, 2.75) is 0 Å². The molecule has 25 heavy (non-hydrogen) atoms. The van der Waals surface area contributed by atoms with E-state index in [9.17, 15) is 19.1 Å². The van der Waals surface area contributed by atoms with Gasteiger partial charge in [-0.2, -0.15) is 5.10 Å². The molecule has 0 saturated carbocycles. The Bertz CT molecular complexity index is 1060. The smallest absolute Gasteiger partial charge is 0.293 e. The molecule has 0 unspecified atom stereocenters. The number of pyridine rings is 1. The van der Waals surface area contributed by atoms with Crippen LogP contribution >= 0.6 is 0 Å². The van der Waals surface area contributed by atoms with E-state index in [1.165, 1.54) is 36.0 Å². The fourth-order valence-corrected chi connectivity index (χ4v) is 2.52. The van der Waals surface area contributed by atoms with Crippen molar-refractivity contribution in [1.82, 2.24) is 9.99 Å². The zero-order valence-electron chi connectivity index (χ0n) is 13.2. The van der Waals surface area contributed by atoms with E-state index in [1.54, 1.807) is 30.3 Å². The fraction of sp³-hybridized carbons (Fsp3) is 0.0556. The van der Waals surface area contributed by atoms with Crippen LogP contribution in [0.5, 0.6) is 5.75 Å². The molecule has 0 saturated heterocycles. The molecule has 0 atom stereocenters. The van der Waals surface area contributed by atoms with E-state index in [-0.39, 0.29) is 5.56 Å². The van der Waals surface area contributed by atoms with Crippen LogP contribution in [-0.4, -0.2) is 21.8 Å². The van der Waals surface area contributed by atoms with Crippen molar-refractivity contribution >= 4 is 23.0 Å². The summed E-state index contributed by atoms with van der Waals surface area (Å²) >= 11 is 0. The number of hydrogen-bond acceptors (Lipinski definition) is 4. The number of hydrogen-bond donors (Lipinski definition) is 2. The molecule has 2 N–H and O–H groups in total. The van der Waals surface area contributed by atoms with Crippen molar-refractivity contribution in [2.75, 3.05) is 0 Å². The molecule has 3 rings (SSSR count). The van der Waals surface area contributed by atoms with Gasteiger partial charge in [-0.3, -0.25) is 9.59 Å². The van der Waals surface area contributed by atoms with Crippen molar-refractivity contribution in [1.29, 1.82) is 0 Å². The summed E-state index contributed by atoms with van der Waals surface area (Å²) in [6, 6.07) is 12.4. The quantitative estimate of drug-likeness (QED) is 0.566. The minimum absolute atomic E-state index is 0.157. The van der Waals surface area contributed by atoms with E-state index in [4.69, 9.17) is 0 Å². The number of aryl methyl sites for hydroxylation is 1. The minimum Gasteiger partial charge on any atom is -0.502 e. The van der Waals surface area contributed by atoms with Gasteiger partial charge >= 0.3 is 0 Å². The van der Waals surface area contributed by atoms with Gasteiger partial charge in [0, 0.05) is 12.4 Å². The highest BCUT2D eigenvalue weighted by molar-refractivity contribution is 6.08. The topological polar surface area (TPSA) is 83.7 Å². The third kappa shape index (κ3) is 3.12. The van der Waals surface area contributed by atoms with Gasteiger partial charge in [0.2, 0.25) is 0 Å². The van der Waals surface area contributed by atoms with Gasteiger partial charge in [0.15, 0.2) is 5.75 Å². The number of carbonyl (C=O) groups excluding carboxylic acids is 1. The molecule has 3 aromatic rings. The van der Waals surface area contributed by atoms with Gasteiger partial charge in [-0.15, -0.1) is 0 Å². The zero-order chi connectivity index (χ0) is 18.0. The lowest BCUT2D eigenvalue weighted by Gasteiger charge is -2.10. The number of hydrazone groups is 1. The van der Waals surface area contributed by atoms with Gasteiger partial charge < -0.3 is 9.67 Å². The summed E-state index contributed by atoms with van der Waals surface area (Å²) in [7, 11) is 1.51. The number of para-hydroxylation sites is 1. The Morgan fingerprint density at radius 2 is 2.00 bits per heavy atom. The summed E-state index contributed by atoms with van der Waals surface area (Å²) in [5.41, 5.74) is 2.37. The molecular weight excluding hydrogens is 325 g/mol. The highest BCUT2D eigenvalue weighted by Gasteiger charge is 2.20. The first-order chi connectivity index (χ1) is 12.0. The average molecular weight is 339 g/mol. The number of nitrogens with one attached hydrogen (secondary N) is 1. The number of nitrogens with zero attached hydrogens (tertiary/aromatic N) is 2. The molecule has 0 aliphatic heterocycles. The second-order valence-corrected chi connectivity index (χ2v) is 5.36. The Morgan fingerprint density at radius 3 is 2.76 bits per heavy atom. The zero-order valence-corrected chi connectivity index (χ0v) is 13.2. The maximum Gasteiger partial charge on any atom is 0.293 e. The predicted octanol–water partition coefficient (Wildman–Crippen LogP) is 2.15. The van der Waals surface area contributed by atoms with E-state index in [0.29, 0.717) is 16.5 Å². The highest BCUT2D eigenvalue weighted by Crippen LogP contribution is 2.23. The van der Waals surface area contributed by atoms with Crippen LogP contribution in [0.4, 0.5) is 4.39 Å². The first-order valence-corrected chi connectivity index (χ1v) is 7.38. The second kappa shape index (κ2) is 6.56. The molecular formula is C18H14FN3O3. The van der Waals surface area contributed by atoms with Crippen molar-refractivity contribution in [3.63, 3.8) is 0 Å². The third-order valence-electron chi connectivity index (χ3n) is 3.73. The normalized spacial score (nSPS) is 11.1. The Morgan fingerprint density at radius 1 is 1.24 bits per heavy atom. The van der Waals surface area contributed by atoms with Crippen molar-refractivity contribution in [3.8, 4) is 5.75 Å². The largest absolute Gasteiger partial charge is 0.502 e. The lowest BCUT2D eigenvalue weighted by molar-refractivity contribution is 0.0954. The summed E-state index contributed by atoms with van der Waals surface area (Å²) in [6.07, 6.45) is 1.27. The SMILES string of the molecule is Cn1c(=O)c(O)c(C(=O)N/N=C/c2cccc(F)c2)c2ccccc21. The molecule has 1 aromatic heterocycles. The van der Waals surface area contributed by atoms with E-state index in [1.807, 2.05) is 0 Å². The lowest BCUT2D eigenvalue weighted by Crippen LogP contribution is -2.24. The van der Waals surface area contributed by atoms with E-state index in [2.05, 4.69) is 10.5 Å². The molecule has 0 fully saturated rings. The number of aromatic hydroxyl groups is 1. The monoisotopic (exact) mass is 339 g/mol. The number of amides is 1. The van der Waals surface area contributed by atoms with Crippen LogP contribution in [0, 0.1) is 5.82 Å². The molecule has 1 amide bonds. The Kier molecular flexibility index (Phi) is 4.30. The van der Waals surface area contributed by atoms with Crippen LogP contribution in [0.1, 0.15) is 15.9 Å². The van der Waals surface area contributed by atoms with Crippen LogP contribution in [0.3, 0.4) is 0 Å². The Balaban J connectivity index is 1.96. The predicted molar refractivity (Wildman–Crippen MR) is 92.3 cm³/mol. The number of rotatable bonds is 3. The van der Waals surface area contributed by atoms with Crippen LogP contribution in [0.25, 0.3) is 10.9 Å². The summed E-state index contributed by atoms with van der Waals surface area (Å²) in [5.74, 6) is -1.82. The third-order valence-corrected chi connectivity index (χ3v) is 3.73. The van der Waals surface area contributed by atoms with Crippen LogP contribution < -0.4 is 11.0 Å². The first-order valence-electron chi connectivity index (χ1n) is 7.38. The fourth-order valence-electron chi connectivity index (χ4n) is 2.52. The van der Waals surface area contributed by atoms with Crippen molar-refractivity contribution in [3.05, 3.63) is 75.8 Å². The van der Waals surface area contributed by atoms with Gasteiger partial charge in [0.1, 0.15) is 5.82 Å². The van der Waals surface area contributed by atoms with Gasteiger partial charge in [-0.1, -0.05) is 30.3 Å². The van der Waals surface area contributed by atoms with Gasteiger partial charge in [0.25, 0.3) is 11.5 Å². The van der Waals surface area contributed by atoms with Gasteiger partial charge in [-0.05, 0) is 23.8 Å². The van der Waals surface area contributed by atoms with Crippen molar-refractivity contribution in [2.24, 2.45) is 12.1 Å². The second-order valence-electron chi connectivity index (χ2n) is 5.36. The molecule has 126 valence electrons. The first kappa shape index (κ1) is 16.4. The average Bonchev–Trinajstić information content (AvgIpc) is 2.60. The number of aromatic nitrogens is 1. The number of fused-ring (bicyclic) bond motifs is 1. The molecule has 7 heteroatoms. The van der Waals surface area contributed by atoms with Crippen LogP contribution in [0.15, 0.2) is 58.4 Å². The number of benzene rings is 2. The van der Waals surface area contributed by atoms with E-state index < -0.39 is 23.0 Å². The standard InChI is InChI=1S/C18H14FN3O3/c1-22-14-8-3-2-7-13(14)15(16(23)18(22)25)17(24)21-20-10-11-5-4-6-12(19)9-11/h2-10,23H,1H3,(H,21,24)/b20-10+. The van der Waals surface area contributed by atoms with E-state index in [0.717, 1.165) is 0 Å². The molecule has 0 bridgehead atoms. The summed E-state index contributed by atoms with van der Waals surface area (Å²) in [4.78, 5) is 24.5. The minimum atomic E-state index is -0.737. The number of carbonyl (C=O) groups is 1. The summed E-state index contributed by atoms with van der Waals surface area (Å²) in [5, 5.41) is 14.3.